The van der Waals surface area contributed by atoms with Gasteiger partial charge < -0.3 is 9.52 Å². The summed E-state index contributed by atoms with van der Waals surface area (Å²) in [6, 6.07) is 0. The maximum atomic E-state index is 10.9. The highest BCUT2D eigenvalue weighted by Gasteiger charge is 2.31. The quantitative estimate of drug-likeness (QED) is 0.875. The number of aromatic nitrogens is 2. The number of carboxylic acid groups (broad SMARTS) is 1. The van der Waals surface area contributed by atoms with Gasteiger partial charge in [-0.05, 0) is 25.7 Å². The Kier molecular flexibility index (Phi) is 3.41. The second-order valence-corrected chi connectivity index (χ2v) is 6.08. The second kappa shape index (κ2) is 4.71. The number of carboxylic acids is 1. The van der Waals surface area contributed by atoms with E-state index in [9.17, 15) is 4.79 Å². The third-order valence-electron chi connectivity index (χ3n) is 3.51. The van der Waals surface area contributed by atoms with Crippen molar-refractivity contribution >= 4 is 5.97 Å². The molecular weight excluding hydrogens is 232 g/mol. The first kappa shape index (κ1) is 13.1. The topological polar surface area (TPSA) is 76.2 Å². The maximum absolute atomic E-state index is 10.9. The van der Waals surface area contributed by atoms with Crippen LogP contribution in [0.15, 0.2) is 4.42 Å². The summed E-state index contributed by atoms with van der Waals surface area (Å²) in [4.78, 5) is 10.9. The fourth-order valence-corrected chi connectivity index (χ4v) is 2.29. The minimum atomic E-state index is -0.686. The third-order valence-corrected chi connectivity index (χ3v) is 3.51. The SMILES string of the molecule is CC(C)(C)c1nnc(C2CCC(C(=O)O)CC2)o1. The van der Waals surface area contributed by atoms with Gasteiger partial charge in [-0.3, -0.25) is 4.79 Å². The van der Waals surface area contributed by atoms with Crippen molar-refractivity contribution < 1.29 is 14.3 Å². The van der Waals surface area contributed by atoms with Gasteiger partial charge in [0, 0.05) is 11.3 Å². The molecule has 0 aliphatic heterocycles. The monoisotopic (exact) mass is 252 g/mol. The molecule has 0 spiro atoms. The Labute approximate surface area is 107 Å². The molecule has 1 N–H and O–H groups in total. The van der Waals surface area contributed by atoms with Crippen molar-refractivity contribution in [3.8, 4) is 0 Å². The summed E-state index contributed by atoms with van der Waals surface area (Å²) in [7, 11) is 0. The molecule has 18 heavy (non-hydrogen) atoms. The highest BCUT2D eigenvalue weighted by atomic mass is 16.4. The zero-order valence-electron chi connectivity index (χ0n) is 11.1. The zero-order chi connectivity index (χ0) is 13.3. The number of carbonyl (C=O) groups is 1. The molecule has 1 aliphatic rings. The van der Waals surface area contributed by atoms with Crippen LogP contribution in [0.2, 0.25) is 0 Å². The van der Waals surface area contributed by atoms with Gasteiger partial charge in [0.25, 0.3) is 0 Å². The Morgan fingerprint density at radius 1 is 1.22 bits per heavy atom. The summed E-state index contributed by atoms with van der Waals surface area (Å²) >= 11 is 0. The van der Waals surface area contributed by atoms with Crippen molar-refractivity contribution in [3.05, 3.63) is 11.8 Å². The van der Waals surface area contributed by atoms with E-state index in [1.165, 1.54) is 0 Å². The van der Waals surface area contributed by atoms with Gasteiger partial charge in [0.1, 0.15) is 0 Å². The van der Waals surface area contributed by atoms with Crippen LogP contribution in [0, 0.1) is 5.92 Å². The molecule has 0 aromatic carbocycles. The van der Waals surface area contributed by atoms with Crippen LogP contribution in [-0.4, -0.2) is 21.3 Å². The second-order valence-electron chi connectivity index (χ2n) is 6.08. The van der Waals surface area contributed by atoms with Gasteiger partial charge in [-0.1, -0.05) is 20.8 Å². The van der Waals surface area contributed by atoms with E-state index >= 15 is 0 Å². The first-order valence-corrected chi connectivity index (χ1v) is 6.44. The summed E-state index contributed by atoms with van der Waals surface area (Å²) in [5.41, 5.74) is -0.135. The maximum Gasteiger partial charge on any atom is 0.306 e. The smallest absolute Gasteiger partial charge is 0.306 e. The third kappa shape index (κ3) is 2.71. The summed E-state index contributed by atoms with van der Waals surface area (Å²) in [6.07, 6.45) is 3.05. The van der Waals surface area contributed by atoms with E-state index in [0.29, 0.717) is 24.6 Å². The molecule has 2 rings (SSSR count). The zero-order valence-corrected chi connectivity index (χ0v) is 11.1. The Bertz CT molecular complexity index is 426. The molecule has 100 valence electrons. The van der Waals surface area contributed by atoms with Gasteiger partial charge in [0.2, 0.25) is 11.8 Å². The lowest BCUT2D eigenvalue weighted by Gasteiger charge is -2.23. The van der Waals surface area contributed by atoms with E-state index in [0.717, 1.165) is 12.8 Å². The minimum absolute atomic E-state index is 0.135. The molecule has 1 aromatic heterocycles. The van der Waals surface area contributed by atoms with Gasteiger partial charge >= 0.3 is 5.97 Å². The number of hydrogen-bond acceptors (Lipinski definition) is 4. The van der Waals surface area contributed by atoms with E-state index in [-0.39, 0.29) is 17.3 Å². The van der Waals surface area contributed by atoms with Gasteiger partial charge in [-0.15, -0.1) is 10.2 Å². The lowest BCUT2D eigenvalue weighted by atomic mass is 9.82. The van der Waals surface area contributed by atoms with E-state index in [2.05, 4.69) is 10.2 Å². The summed E-state index contributed by atoms with van der Waals surface area (Å²) in [5, 5.41) is 17.2. The molecule has 1 aliphatic carbocycles. The molecular formula is C13H20N2O3. The van der Waals surface area contributed by atoms with Crippen molar-refractivity contribution in [3.63, 3.8) is 0 Å². The minimum Gasteiger partial charge on any atom is -0.481 e. The van der Waals surface area contributed by atoms with Crippen LogP contribution in [-0.2, 0) is 10.2 Å². The van der Waals surface area contributed by atoms with Gasteiger partial charge in [0.15, 0.2) is 0 Å². The molecule has 5 heteroatoms. The Balaban J connectivity index is 2.02. The van der Waals surface area contributed by atoms with Crippen molar-refractivity contribution in [1.82, 2.24) is 10.2 Å². The van der Waals surface area contributed by atoms with Crippen molar-refractivity contribution in [2.24, 2.45) is 5.92 Å². The Morgan fingerprint density at radius 2 is 1.83 bits per heavy atom. The molecule has 0 saturated heterocycles. The number of aliphatic carboxylic acids is 1. The highest BCUT2D eigenvalue weighted by Crippen LogP contribution is 2.36. The average molecular weight is 252 g/mol. The predicted octanol–water partition coefficient (Wildman–Crippen LogP) is 2.73. The van der Waals surface area contributed by atoms with Crippen molar-refractivity contribution in [2.45, 2.75) is 57.8 Å². The predicted molar refractivity (Wildman–Crippen MR) is 65.3 cm³/mol. The first-order chi connectivity index (χ1) is 8.38. The largest absolute Gasteiger partial charge is 0.481 e. The standard InChI is InChI=1S/C13H20N2O3/c1-13(2,3)12-15-14-10(18-12)8-4-6-9(7-5-8)11(16)17/h8-9H,4-7H2,1-3H3,(H,16,17). The molecule has 1 heterocycles. The van der Waals surface area contributed by atoms with Crippen LogP contribution >= 0.6 is 0 Å². The van der Waals surface area contributed by atoms with Crippen LogP contribution in [0.1, 0.15) is 64.2 Å². The lowest BCUT2D eigenvalue weighted by molar-refractivity contribution is -0.142. The van der Waals surface area contributed by atoms with Gasteiger partial charge in [-0.2, -0.15) is 0 Å². The van der Waals surface area contributed by atoms with E-state index in [1.807, 2.05) is 20.8 Å². The number of rotatable bonds is 2. The molecule has 0 bridgehead atoms. The lowest BCUT2D eigenvalue weighted by Crippen LogP contribution is -2.20. The molecule has 0 unspecified atom stereocenters. The molecule has 5 nitrogen and oxygen atoms in total. The Hall–Kier alpha value is -1.39. The van der Waals surface area contributed by atoms with Gasteiger partial charge in [-0.25, -0.2) is 0 Å². The normalized spacial score (nSPS) is 25.1. The molecule has 1 saturated carbocycles. The van der Waals surface area contributed by atoms with Crippen molar-refractivity contribution in [2.75, 3.05) is 0 Å². The first-order valence-electron chi connectivity index (χ1n) is 6.44. The molecule has 0 amide bonds. The summed E-state index contributed by atoms with van der Waals surface area (Å²) in [6.45, 7) is 6.10. The van der Waals surface area contributed by atoms with E-state index in [1.54, 1.807) is 0 Å². The van der Waals surface area contributed by atoms with Crippen molar-refractivity contribution in [1.29, 1.82) is 0 Å². The van der Waals surface area contributed by atoms with E-state index < -0.39 is 5.97 Å². The van der Waals surface area contributed by atoms with E-state index in [4.69, 9.17) is 9.52 Å². The van der Waals surface area contributed by atoms with Crippen LogP contribution in [0.3, 0.4) is 0 Å². The number of hydrogen-bond donors (Lipinski definition) is 1. The average Bonchev–Trinajstić information content (AvgIpc) is 2.78. The fraction of sp³-hybridized carbons (Fsp3) is 0.769. The van der Waals surface area contributed by atoms with Crippen LogP contribution in [0.5, 0.6) is 0 Å². The molecule has 1 fully saturated rings. The fourth-order valence-electron chi connectivity index (χ4n) is 2.29. The highest BCUT2D eigenvalue weighted by molar-refractivity contribution is 5.70. The summed E-state index contributed by atoms with van der Waals surface area (Å²) < 4.78 is 5.71. The number of nitrogens with zero attached hydrogens (tertiary/aromatic N) is 2. The molecule has 1 aromatic rings. The molecule has 0 radical (unpaired) electrons. The van der Waals surface area contributed by atoms with Crippen LogP contribution in [0.4, 0.5) is 0 Å². The Morgan fingerprint density at radius 3 is 2.28 bits per heavy atom. The van der Waals surface area contributed by atoms with Crippen LogP contribution in [0.25, 0.3) is 0 Å². The van der Waals surface area contributed by atoms with Gasteiger partial charge in [0.05, 0.1) is 5.92 Å². The van der Waals surface area contributed by atoms with Crippen LogP contribution < -0.4 is 0 Å². The summed E-state index contributed by atoms with van der Waals surface area (Å²) in [5.74, 6) is 0.659. The molecule has 0 atom stereocenters.